The van der Waals surface area contributed by atoms with Gasteiger partial charge >= 0.3 is 0 Å². The lowest BCUT2D eigenvalue weighted by Gasteiger charge is -2.12. The normalized spacial score (nSPS) is 21.4. The van der Waals surface area contributed by atoms with Gasteiger partial charge in [0.2, 0.25) is 5.91 Å². The van der Waals surface area contributed by atoms with Crippen molar-refractivity contribution in [3.8, 4) is 5.75 Å². The van der Waals surface area contributed by atoms with Crippen LogP contribution in [0.1, 0.15) is 19.3 Å². The van der Waals surface area contributed by atoms with Crippen molar-refractivity contribution in [1.82, 2.24) is 0 Å². The predicted octanol–water partition coefficient (Wildman–Crippen LogP) is 0.617. The van der Waals surface area contributed by atoms with Crippen molar-refractivity contribution in [1.29, 1.82) is 0 Å². The highest BCUT2D eigenvalue weighted by molar-refractivity contribution is 5.92. The molecule has 20 heavy (non-hydrogen) atoms. The molecule has 0 heterocycles. The lowest BCUT2D eigenvalue weighted by atomic mass is 10.1. The van der Waals surface area contributed by atoms with Crippen molar-refractivity contribution in [3.05, 3.63) is 24.3 Å². The molecule has 0 saturated heterocycles. The summed E-state index contributed by atoms with van der Waals surface area (Å²) in [5.74, 6) is -0.102. The van der Waals surface area contributed by atoms with Crippen molar-refractivity contribution in [2.75, 3.05) is 11.9 Å². The zero-order chi connectivity index (χ0) is 14.5. The molecule has 108 valence electrons. The summed E-state index contributed by atoms with van der Waals surface area (Å²) in [6, 6.07) is 6.99. The molecule has 1 saturated carbocycles. The third-order valence-corrected chi connectivity index (χ3v) is 3.33. The van der Waals surface area contributed by atoms with Crippen LogP contribution in [0.3, 0.4) is 0 Å². The number of primary amides is 1. The number of carbonyl (C=O) groups is 2. The molecule has 2 atom stereocenters. The monoisotopic (exact) mass is 277 g/mol. The van der Waals surface area contributed by atoms with Gasteiger partial charge in [0.1, 0.15) is 5.75 Å². The fraction of sp³-hybridized carbons (Fsp3) is 0.429. The van der Waals surface area contributed by atoms with Crippen LogP contribution in [0.5, 0.6) is 5.75 Å². The molecule has 0 radical (unpaired) electrons. The summed E-state index contributed by atoms with van der Waals surface area (Å²) in [5.41, 5.74) is 11.5. The number of nitrogens with one attached hydrogen (secondary N) is 1. The Kier molecular flexibility index (Phi) is 4.57. The minimum atomic E-state index is -0.542. The van der Waals surface area contributed by atoms with Crippen molar-refractivity contribution in [3.63, 3.8) is 0 Å². The number of rotatable bonds is 5. The van der Waals surface area contributed by atoms with Gasteiger partial charge < -0.3 is 21.5 Å². The van der Waals surface area contributed by atoms with Gasteiger partial charge in [0, 0.05) is 23.7 Å². The van der Waals surface area contributed by atoms with E-state index in [2.05, 4.69) is 5.32 Å². The molecule has 2 rings (SSSR count). The smallest absolute Gasteiger partial charge is 0.255 e. The molecule has 1 fully saturated rings. The lowest BCUT2D eigenvalue weighted by Crippen LogP contribution is -2.23. The Bertz CT molecular complexity index is 504. The number of amides is 2. The van der Waals surface area contributed by atoms with Crippen molar-refractivity contribution >= 4 is 17.5 Å². The number of hydrogen-bond donors (Lipinski definition) is 3. The minimum absolute atomic E-state index is 0.0231. The highest BCUT2D eigenvalue weighted by atomic mass is 16.5. The van der Waals surface area contributed by atoms with Crippen LogP contribution in [-0.2, 0) is 9.59 Å². The van der Waals surface area contributed by atoms with E-state index < -0.39 is 5.91 Å². The number of hydrogen-bond acceptors (Lipinski definition) is 4. The van der Waals surface area contributed by atoms with E-state index in [0.29, 0.717) is 11.4 Å². The molecule has 6 nitrogen and oxygen atoms in total. The van der Waals surface area contributed by atoms with Crippen LogP contribution in [0.15, 0.2) is 24.3 Å². The van der Waals surface area contributed by atoms with Gasteiger partial charge in [-0.2, -0.15) is 0 Å². The topological polar surface area (TPSA) is 107 Å². The van der Waals surface area contributed by atoms with E-state index in [1.165, 1.54) is 0 Å². The predicted molar refractivity (Wildman–Crippen MR) is 75.1 cm³/mol. The van der Waals surface area contributed by atoms with Crippen LogP contribution in [0, 0.1) is 5.92 Å². The van der Waals surface area contributed by atoms with Gasteiger partial charge in [-0.15, -0.1) is 0 Å². The third-order valence-electron chi connectivity index (χ3n) is 3.33. The van der Waals surface area contributed by atoms with E-state index in [9.17, 15) is 9.59 Å². The second kappa shape index (κ2) is 6.38. The fourth-order valence-electron chi connectivity index (χ4n) is 2.32. The third kappa shape index (κ3) is 3.96. The van der Waals surface area contributed by atoms with Crippen LogP contribution in [0.25, 0.3) is 0 Å². The highest BCUT2D eigenvalue weighted by Gasteiger charge is 2.27. The molecule has 1 aromatic rings. The molecular formula is C14H19N3O3. The average molecular weight is 277 g/mol. The Morgan fingerprint density at radius 1 is 1.35 bits per heavy atom. The van der Waals surface area contributed by atoms with Crippen LogP contribution < -0.4 is 21.5 Å². The first kappa shape index (κ1) is 14.3. The quantitative estimate of drug-likeness (QED) is 0.733. The Labute approximate surface area is 117 Å². The van der Waals surface area contributed by atoms with Crippen molar-refractivity contribution in [2.24, 2.45) is 17.4 Å². The first-order valence-electron chi connectivity index (χ1n) is 6.62. The number of nitrogens with two attached hydrogens (primary N) is 2. The van der Waals surface area contributed by atoms with Gasteiger partial charge in [-0.25, -0.2) is 0 Å². The van der Waals surface area contributed by atoms with Crippen LogP contribution in [0.2, 0.25) is 0 Å². The number of benzene rings is 1. The fourth-order valence-corrected chi connectivity index (χ4v) is 2.32. The Morgan fingerprint density at radius 2 is 2.15 bits per heavy atom. The number of carbonyl (C=O) groups excluding carboxylic acids is 2. The number of anilines is 1. The van der Waals surface area contributed by atoms with Gasteiger partial charge in [-0.1, -0.05) is 6.07 Å². The molecule has 1 aliphatic rings. The molecule has 2 amide bonds. The van der Waals surface area contributed by atoms with E-state index in [4.69, 9.17) is 16.2 Å². The minimum Gasteiger partial charge on any atom is -0.484 e. The summed E-state index contributed by atoms with van der Waals surface area (Å²) in [6.07, 6.45) is 2.44. The van der Waals surface area contributed by atoms with Crippen molar-refractivity contribution < 1.29 is 14.3 Å². The van der Waals surface area contributed by atoms with E-state index >= 15 is 0 Å². The lowest BCUT2D eigenvalue weighted by molar-refractivity contribution is -0.120. The first-order chi connectivity index (χ1) is 9.54. The molecular weight excluding hydrogens is 258 g/mol. The summed E-state index contributed by atoms with van der Waals surface area (Å²) in [6.45, 7) is -0.186. The van der Waals surface area contributed by atoms with E-state index in [1.807, 2.05) is 0 Å². The molecule has 1 aromatic carbocycles. The van der Waals surface area contributed by atoms with Crippen LogP contribution >= 0.6 is 0 Å². The van der Waals surface area contributed by atoms with Gasteiger partial charge in [-0.05, 0) is 31.4 Å². The summed E-state index contributed by atoms with van der Waals surface area (Å²) < 4.78 is 5.19. The first-order valence-corrected chi connectivity index (χ1v) is 6.62. The Hall–Kier alpha value is -2.08. The Balaban J connectivity index is 1.93. The van der Waals surface area contributed by atoms with Crippen molar-refractivity contribution in [2.45, 2.75) is 25.3 Å². The van der Waals surface area contributed by atoms with E-state index in [1.54, 1.807) is 24.3 Å². The summed E-state index contributed by atoms with van der Waals surface area (Å²) in [5, 5.41) is 2.84. The highest BCUT2D eigenvalue weighted by Crippen LogP contribution is 2.26. The second-order valence-corrected chi connectivity index (χ2v) is 5.04. The average Bonchev–Trinajstić information content (AvgIpc) is 2.84. The largest absolute Gasteiger partial charge is 0.484 e. The molecule has 0 aliphatic heterocycles. The van der Waals surface area contributed by atoms with Gasteiger partial charge in [-0.3, -0.25) is 9.59 Å². The Morgan fingerprint density at radius 3 is 2.80 bits per heavy atom. The SMILES string of the molecule is NC(=O)COc1cccc(NC(=O)C2CCC(N)C2)c1. The maximum atomic E-state index is 12.1. The standard InChI is InChI=1S/C14H19N3O3/c15-10-5-4-9(6-10)14(19)17-11-2-1-3-12(7-11)20-8-13(16)18/h1-3,7,9-10H,4-6,8,15H2,(H2,16,18)(H,17,19). The molecule has 0 bridgehead atoms. The van der Waals surface area contributed by atoms with Gasteiger partial charge in [0.05, 0.1) is 0 Å². The molecule has 1 aliphatic carbocycles. The van der Waals surface area contributed by atoms with Gasteiger partial charge in [0.15, 0.2) is 6.61 Å². The van der Waals surface area contributed by atoms with E-state index in [-0.39, 0.29) is 24.5 Å². The molecule has 0 aromatic heterocycles. The van der Waals surface area contributed by atoms with Crippen LogP contribution in [-0.4, -0.2) is 24.5 Å². The zero-order valence-corrected chi connectivity index (χ0v) is 11.2. The maximum Gasteiger partial charge on any atom is 0.255 e. The van der Waals surface area contributed by atoms with E-state index in [0.717, 1.165) is 19.3 Å². The zero-order valence-electron chi connectivity index (χ0n) is 11.2. The summed E-state index contributed by atoms with van der Waals surface area (Å²) in [7, 11) is 0. The summed E-state index contributed by atoms with van der Waals surface area (Å²) >= 11 is 0. The molecule has 5 N–H and O–H groups in total. The number of ether oxygens (including phenoxy) is 1. The summed E-state index contributed by atoms with van der Waals surface area (Å²) in [4.78, 5) is 22.7. The molecule has 2 unspecified atom stereocenters. The van der Waals surface area contributed by atoms with Gasteiger partial charge in [0.25, 0.3) is 5.91 Å². The second-order valence-electron chi connectivity index (χ2n) is 5.04. The molecule has 0 spiro atoms. The molecule has 6 heteroatoms. The maximum absolute atomic E-state index is 12.1. The van der Waals surface area contributed by atoms with Crippen LogP contribution in [0.4, 0.5) is 5.69 Å².